The van der Waals surface area contributed by atoms with Crippen LogP contribution in [-0.4, -0.2) is 18.2 Å². The van der Waals surface area contributed by atoms with E-state index in [9.17, 15) is 9.90 Å². The number of carboxylic acids is 1. The third kappa shape index (κ3) is 3.22. The van der Waals surface area contributed by atoms with Crippen molar-refractivity contribution in [3.63, 3.8) is 0 Å². The van der Waals surface area contributed by atoms with Crippen molar-refractivity contribution in [2.45, 2.75) is 0 Å². The Morgan fingerprint density at radius 2 is 1.68 bits per heavy atom. The van der Waals surface area contributed by atoms with Crippen LogP contribution >= 0.6 is 0 Å². The number of benzene rings is 2. The molecule has 0 bridgehead atoms. The van der Waals surface area contributed by atoms with Crippen LogP contribution in [0.3, 0.4) is 0 Å². The van der Waals surface area contributed by atoms with Crippen molar-refractivity contribution >= 4 is 17.6 Å². The third-order valence-corrected chi connectivity index (χ3v) is 2.74. The van der Waals surface area contributed by atoms with Crippen LogP contribution < -0.4 is 4.74 Å². The van der Waals surface area contributed by atoms with Crippen LogP contribution in [0.5, 0.6) is 5.75 Å². The van der Waals surface area contributed by atoms with Gasteiger partial charge in [-0.25, -0.2) is 4.79 Å². The molecule has 0 amide bonds. The SMILES string of the molecule is COc1ccc(/C=C(\C(=O)O)c2ccccc2)cc1. The highest BCUT2D eigenvalue weighted by Gasteiger charge is 2.09. The number of hydrogen-bond acceptors (Lipinski definition) is 2. The minimum atomic E-state index is -0.943. The van der Waals surface area contributed by atoms with Crippen molar-refractivity contribution in [1.29, 1.82) is 0 Å². The lowest BCUT2D eigenvalue weighted by atomic mass is 10.0. The first-order valence-electron chi connectivity index (χ1n) is 5.85. The van der Waals surface area contributed by atoms with Gasteiger partial charge in [-0.15, -0.1) is 0 Å². The second-order valence-corrected chi connectivity index (χ2v) is 4.00. The predicted molar refractivity (Wildman–Crippen MR) is 74.9 cm³/mol. The summed E-state index contributed by atoms with van der Waals surface area (Å²) < 4.78 is 5.07. The van der Waals surface area contributed by atoms with Gasteiger partial charge in [-0.3, -0.25) is 0 Å². The topological polar surface area (TPSA) is 46.5 Å². The van der Waals surface area contributed by atoms with E-state index >= 15 is 0 Å². The van der Waals surface area contributed by atoms with Crippen LogP contribution in [0.25, 0.3) is 11.6 Å². The first kappa shape index (κ1) is 12.9. The fourth-order valence-electron chi connectivity index (χ4n) is 1.75. The number of hydrogen-bond donors (Lipinski definition) is 1. The Morgan fingerprint density at radius 1 is 1.05 bits per heavy atom. The summed E-state index contributed by atoms with van der Waals surface area (Å²) >= 11 is 0. The number of aliphatic carboxylic acids is 1. The molecule has 19 heavy (non-hydrogen) atoms. The van der Waals surface area contributed by atoms with Gasteiger partial charge in [-0.05, 0) is 29.3 Å². The van der Waals surface area contributed by atoms with Crippen molar-refractivity contribution in [2.24, 2.45) is 0 Å². The van der Waals surface area contributed by atoms with E-state index in [1.54, 1.807) is 37.5 Å². The van der Waals surface area contributed by atoms with Crippen LogP contribution in [-0.2, 0) is 4.79 Å². The molecule has 0 aliphatic carbocycles. The van der Waals surface area contributed by atoms with Crippen LogP contribution in [0, 0.1) is 0 Å². The lowest BCUT2D eigenvalue weighted by molar-refractivity contribution is -0.130. The minimum Gasteiger partial charge on any atom is -0.497 e. The molecule has 0 aliphatic rings. The van der Waals surface area contributed by atoms with Crippen LogP contribution in [0.15, 0.2) is 54.6 Å². The van der Waals surface area contributed by atoms with Crippen molar-refractivity contribution in [3.05, 3.63) is 65.7 Å². The van der Waals surface area contributed by atoms with Crippen molar-refractivity contribution < 1.29 is 14.6 Å². The molecule has 0 aliphatic heterocycles. The molecule has 2 rings (SSSR count). The summed E-state index contributed by atoms with van der Waals surface area (Å²) in [6, 6.07) is 16.3. The summed E-state index contributed by atoms with van der Waals surface area (Å²) in [7, 11) is 1.59. The molecule has 1 N–H and O–H groups in total. The molecular formula is C16H14O3. The average molecular weight is 254 g/mol. The maximum atomic E-state index is 11.3. The Balaban J connectivity index is 2.38. The number of carbonyl (C=O) groups is 1. The highest BCUT2D eigenvalue weighted by atomic mass is 16.5. The Labute approximate surface area is 111 Å². The van der Waals surface area contributed by atoms with Crippen molar-refractivity contribution in [2.75, 3.05) is 7.11 Å². The quantitative estimate of drug-likeness (QED) is 0.672. The van der Waals surface area contributed by atoms with Crippen LogP contribution in [0.2, 0.25) is 0 Å². The van der Waals surface area contributed by atoms with Gasteiger partial charge in [-0.2, -0.15) is 0 Å². The summed E-state index contributed by atoms with van der Waals surface area (Å²) in [4.78, 5) is 11.3. The van der Waals surface area contributed by atoms with E-state index in [-0.39, 0.29) is 5.57 Å². The standard InChI is InChI=1S/C16H14O3/c1-19-14-9-7-12(8-10-14)11-15(16(17)18)13-5-3-2-4-6-13/h2-11H,1H3,(H,17,18)/b15-11-. The third-order valence-electron chi connectivity index (χ3n) is 2.74. The number of methoxy groups -OCH3 is 1. The molecule has 0 radical (unpaired) electrons. The molecule has 0 heterocycles. The molecule has 0 spiro atoms. The second kappa shape index (κ2) is 5.87. The summed E-state index contributed by atoms with van der Waals surface area (Å²) in [6.45, 7) is 0. The first-order valence-corrected chi connectivity index (χ1v) is 5.85. The number of rotatable bonds is 4. The lowest BCUT2D eigenvalue weighted by Gasteiger charge is -2.04. The smallest absolute Gasteiger partial charge is 0.336 e. The molecule has 96 valence electrons. The normalized spacial score (nSPS) is 11.1. The lowest BCUT2D eigenvalue weighted by Crippen LogP contribution is -1.99. The van der Waals surface area contributed by atoms with Gasteiger partial charge < -0.3 is 9.84 Å². The van der Waals surface area contributed by atoms with Crippen molar-refractivity contribution in [3.8, 4) is 5.75 Å². The van der Waals surface area contributed by atoms with Crippen LogP contribution in [0.1, 0.15) is 11.1 Å². The number of ether oxygens (including phenoxy) is 1. The van der Waals surface area contributed by atoms with E-state index in [2.05, 4.69) is 0 Å². The van der Waals surface area contributed by atoms with Gasteiger partial charge in [0.1, 0.15) is 5.75 Å². The first-order chi connectivity index (χ1) is 9.20. The zero-order valence-corrected chi connectivity index (χ0v) is 10.5. The van der Waals surface area contributed by atoms with Gasteiger partial charge in [0.2, 0.25) is 0 Å². The van der Waals surface area contributed by atoms with Gasteiger partial charge in [0.15, 0.2) is 0 Å². The van der Waals surface area contributed by atoms with E-state index in [1.165, 1.54) is 0 Å². The fraction of sp³-hybridized carbons (Fsp3) is 0.0625. The van der Waals surface area contributed by atoms with E-state index in [0.29, 0.717) is 5.56 Å². The second-order valence-electron chi connectivity index (χ2n) is 4.00. The average Bonchev–Trinajstić information content (AvgIpc) is 2.46. The zero-order valence-electron chi connectivity index (χ0n) is 10.5. The molecule has 2 aromatic carbocycles. The molecule has 0 saturated carbocycles. The fourth-order valence-corrected chi connectivity index (χ4v) is 1.75. The van der Waals surface area contributed by atoms with Crippen LogP contribution in [0.4, 0.5) is 0 Å². The Bertz CT molecular complexity index is 583. The van der Waals surface area contributed by atoms with E-state index in [0.717, 1.165) is 11.3 Å². The summed E-state index contributed by atoms with van der Waals surface area (Å²) in [5.74, 6) is -0.198. The minimum absolute atomic E-state index is 0.269. The van der Waals surface area contributed by atoms with Gasteiger partial charge >= 0.3 is 5.97 Å². The predicted octanol–water partition coefficient (Wildman–Crippen LogP) is 3.32. The molecule has 3 heteroatoms. The van der Waals surface area contributed by atoms with Gasteiger partial charge in [0, 0.05) is 0 Å². The highest BCUT2D eigenvalue weighted by Crippen LogP contribution is 2.20. The van der Waals surface area contributed by atoms with Gasteiger partial charge in [0.25, 0.3) is 0 Å². The van der Waals surface area contributed by atoms with Crippen molar-refractivity contribution in [1.82, 2.24) is 0 Å². The van der Waals surface area contributed by atoms with E-state index in [4.69, 9.17) is 4.74 Å². The summed E-state index contributed by atoms with van der Waals surface area (Å²) in [5.41, 5.74) is 1.78. The maximum absolute atomic E-state index is 11.3. The largest absolute Gasteiger partial charge is 0.497 e. The Morgan fingerprint density at radius 3 is 2.21 bits per heavy atom. The van der Waals surface area contributed by atoms with Gasteiger partial charge in [-0.1, -0.05) is 42.5 Å². The Kier molecular flexibility index (Phi) is 3.98. The molecular weight excluding hydrogens is 240 g/mol. The molecule has 0 fully saturated rings. The Hall–Kier alpha value is -2.55. The molecule has 2 aromatic rings. The summed E-state index contributed by atoms with van der Waals surface area (Å²) in [5, 5.41) is 9.30. The molecule has 0 unspecified atom stereocenters. The number of carboxylic acid groups (broad SMARTS) is 1. The maximum Gasteiger partial charge on any atom is 0.336 e. The molecule has 0 aromatic heterocycles. The van der Waals surface area contributed by atoms with E-state index < -0.39 is 5.97 Å². The molecule has 3 nitrogen and oxygen atoms in total. The molecule has 0 atom stereocenters. The van der Waals surface area contributed by atoms with E-state index in [1.807, 2.05) is 30.3 Å². The molecule has 0 saturated heterocycles. The monoisotopic (exact) mass is 254 g/mol. The van der Waals surface area contributed by atoms with Gasteiger partial charge in [0.05, 0.1) is 12.7 Å². The highest BCUT2D eigenvalue weighted by molar-refractivity contribution is 6.20. The zero-order chi connectivity index (χ0) is 13.7. The summed E-state index contributed by atoms with van der Waals surface area (Å²) in [6.07, 6.45) is 1.65.